The molecule has 0 aromatic heterocycles. The molecule has 0 aliphatic heterocycles. The normalized spacial score (nSPS) is 14.0. The molecule has 4 heteroatoms. The molecule has 0 spiro atoms. The fraction of sp³-hybridized carbons (Fsp3) is 0.294. The molecule has 21 heavy (non-hydrogen) atoms. The molecule has 1 nitrogen and oxygen atoms in total. The minimum atomic E-state index is -0.199. The lowest BCUT2D eigenvalue weighted by atomic mass is 10.0. The summed E-state index contributed by atoms with van der Waals surface area (Å²) in [4.78, 5) is 0. The number of hydrogen-bond acceptors (Lipinski definition) is 1. The Labute approximate surface area is 138 Å². The van der Waals surface area contributed by atoms with Gasteiger partial charge in [0.05, 0.1) is 0 Å². The van der Waals surface area contributed by atoms with E-state index >= 15 is 0 Å². The van der Waals surface area contributed by atoms with E-state index in [0.29, 0.717) is 5.56 Å². The predicted octanol–water partition coefficient (Wildman–Crippen LogP) is 6.04. The van der Waals surface area contributed by atoms with Crippen LogP contribution in [0, 0.1) is 5.82 Å². The van der Waals surface area contributed by atoms with Gasteiger partial charge >= 0.3 is 0 Å². The van der Waals surface area contributed by atoms with Crippen molar-refractivity contribution in [2.75, 3.05) is 0 Å². The lowest BCUT2D eigenvalue weighted by Crippen LogP contribution is -2.24. The van der Waals surface area contributed by atoms with Crippen LogP contribution in [0.2, 0.25) is 5.02 Å². The molecular weight excluding hydrogens is 353 g/mol. The van der Waals surface area contributed by atoms with E-state index in [0.717, 1.165) is 21.5 Å². The molecule has 0 aliphatic carbocycles. The maximum absolute atomic E-state index is 14.0. The highest BCUT2D eigenvalue weighted by Crippen LogP contribution is 2.26. The molecule has 0 bridgehead atoms. The first-order valence-corrected chi connectivity index (χ1v) is 8.14. The third kappa shape index (κ3) is 4.29. The van der Waals surface area contributed by atoms with Gasteiger partial charge in [0.1, 0.15) is 5.82 Å². The highest BCUT2D eigenvalue weighted by atomic mass is 79.9. The predicted molar refractivity (Wildman–Crippen MR) is 90.1 cm³/mol. The molecule has 112 valence electrons. The molecule has 0 radical (unpaired) electrons. The summed E-state index contributed by atoms with van der Waals surface area (Å²) < 4.78 is 14.8. The van der Waals surface area contributed by atoms with Crippen LogP contribution in [-0.2, 0) is 0 Å². The van der Waals surface area contributed by atoms with Crippen LogP contribution in [0.3, 0.4) is 0 Å². The van der Waals surface area contributed by atoms with E-state index in [4.69, 9.17) is 11.6 Å². The highest BCUT2D eigenvalue weighted by molar-refractivity contribution is 9.10. The van der Waals surface area contributed by atoms with E-state index in [1.54, 1.807) is 0 Å². The standard InChI is InChI=1S/C17H18BrClFN/c1-3-17(12-4-7-14(19)8-5-12)21-11(2)15-9-6-13(18)10-16(15)20/h4-11,17,21H,3H2,1-2H3. The van der Waals surface area contributed by atoms with E-state index in [-0.39, 0.29) is 17.9 Å². The summed E-state index contributed by atoms with van der Waals surface area (Å²) in [5.41, 5.74) is 1.83. The molecular formula is C17H18BrClFN. The maximum Gasteiger partial charge on any atom is 0.129 e. The Balaban J connectivity index is 2.15. The second-order valence-corrected chi connectivity index (χ2v) is 6.42. The van der Waals surface area contributed by atoms with Gasteiger partial charge < -0.3 is 5.32 Å². The zero-order valence-corrected chi connectivity index (χ0v) is 14.4. The molecule has 0 saturated heterocycles. The van der Waals surface area contributed by atoms with Gasteiger partial charge in [0.15, 0.2) is 0 Å². The van der Waals surface area contributed by atoms with Crippen LogP contribution < -0.4 is 5.32 Å². The highest BCUT2D eigenvalue weighted by Gasteiger charge is 2.16. The third-order valence-corrected chi connectivity index (χ3v) is 4.31. The van der Waals surface area contributed by atoms with Crippen LogP contribution in [0.5, 0.6) is 0 Å². The van der Waals surface area contributed by atoms with Crippen LogP contribution in [0.15, 0.2) is 46.9 Å². The Morgan fingerprint density at radius 2 is 1.86 bits per heavy atom. The molecule has 2 atom stereocenters. The van der Waals surface area contributed by atoms with Gasteiger partial charge in [-0.3, -0.25) is 0 Å². The Kier molecular flexibility index (Phi) is 5.80. The SMILES string of the molecule is CCC(NC(C)c1ccc(Br)cc1F)c1ccc(Cl)cc1. The molecule has 2 unspecified atom stereocenters. The quantitative estimate of drug-likeness (QED) is 0.676. The van der Waals surface area contributed by atoms with Gasteiger partial charge in [-0.1, -0.05) is 52.7 Å². The summed E-state index contributed by atoms with van der Waals surface area (Å²) in [6, 6.07) is 13.0. The van der Waals surface area contributed by atoms with Gasteiger partial charge in [0, 0.05) is 27.1 Å². The fourth-order valence-electron chi connectivity index (χ4n) is 2.39. The van der Waals surface area contributed by atoms with Gasteiger partial charge in [0.2, 0.25) is 0 Å². The first-order valence-electron chi connectivity index (χ1n) is 6.97. The molecule has 2 aromatic carbocycles. The van der Waals surface area contributed by atoms with Crippen molar-refractivity contribution in [3.8, 4) is 0 Å². The fourth-order valence-corrected chi connectivity index (χ4v) is 2.85. The van der Waals surface area contributed by atoms with E-state index in [2.05, 4.69) is 28.2 Å². The summed E-state index contributed by atoms with van der Waals surface area (Å²) in [5, 5.41) is 4.20. The number of nitrogens with one attached hydrogen (secondary N) is 1. The van der Waals surface area contributed by atoms with Crippen molar-refractivity contribution < 1.29 is 4.39 Å². The first kappa shape index (κ1) is 16.5. The Hall–Kier alpha value is -0.900. The van der Waals surface area contributed by atoms with Crippen LogP contribution >= 0.6 is 27.5 Å². The first-order chi connectivity index (χ1) is 10.0. The zero-order chi connectivity index (χ0) is 15.4. The van der Waals surface area contributed by atoms with Crippen molar-refractivity contribution in [1.82, 2.24) is 5.32 Å². The molecule has 0 aliphatic rings. The van der Waals surface area contributed by atoms with Crippen molar-refractivity contribution in [3.63, 3.8) is 0 Å². The van der Waals surface area contributed by atoms with Gasteiger partial charge in [0.25, 0.3) is 0 Å². The molecule has 2 rings (SSSR count). The molecule has 2 aromatic rings. The van der Waals surface area contributed by atoms with Crippen LogP contribution in [0.25, 0.3) is 0 Å². The van der Waals surface area contributed by atoms with E-state index in [9.17, 15) is 4.39 Å². The number of rotatable bonds is 5. The molecule has 0 saturated carbocycles. The van der Waals surface area contributed by atoms with Gasteiger partial charge in [-0.2, -0.15) is 0 Å². The smallest absolute Gasteiger partial charge is 0.129 e. The van der Waals surface area contributed by atoms with Crippen LogP contribution in [0.1, 0.15) is 43.5 Å². The number of halogens is 3. The molecule has 0 amide bonds. The van der Waals surface area contributed by atoms with Gasteiger partial charge in [-0.05, 0) is 43.2 Å². The van der Waals surface area contributed by atoms with Crippen LogP contribution in [-0.4, -0.2) is 0 Å². The second kappa shape index (κ2) is 7.39. The van der Waals surface area contributed by atoms with E-state index in [1.165, 1.54) is 6.07 Å². The lowest BCUT2D eigenvalue weighted by Gasteiger charge is -2.23. The van der Waals surface area contributed by atoms with E-state index in [1.807, 2.05) is 43.3 Å². The second-order valence-electron chi connectivity index (χ2n) is 5.07. The van der Waals surface area contributed by atoms with Crippen molar-refractivity contribution in [1.29, 1.82) is 0 Å². The van der Waals surface area contributed by atoms with Crippen molar-refractivity contribution >= 4 is 27.5 Å². The van der Waals surface area contributed by atoms with Crippen molar-refractivity contribution in [2.24, 2.45) is 0 Å². The summed E-state index contributed by atoms with van der Waals surface area (Å²) in [6.07, 6.45) is 0.921. The van der Waals surface area contributed by atoms with Crippen molar-refractivity contribution in [2.45, 2.75) is 32.4 Å². The zero-order valence-electron chi connectivity index (χ0n) is 12.0. The number of hydrogen-bond donors (Lipinski definition) is 1. The minimum Gasteiger partial charge on any atom is -0.303 e. The average molecular weight is 371 g/mol. The third-order valence-electron chi connectivity index (χ3n) is 3.56. The summed E-state index contributed by atoms with van der Waals surface area (Å²) in [5.74, 6) is -0.199. The monoisotopic (exact) mass is 369 g/mol. The molecule has 0 heterocycles. The summed E-state index contributed by atoms with van der Waals surface area (Å²) in [6.45, 7) is 4.09. The molecule has 1 N–H and O–H groups in total. The Bertz CT molecular complexity index is 600. The van der Waals surface area contributed by atoms with Crippen molar-refractivity contribution in [3.05, 3.63) is 68.9 Å². The Morgan fingerprint density at radius 1 is 1.19 bits per heavy atom. The number of benzene rings is 2. The maximum atomic E-state index is 14.0. The van der Waals surface area contributed by atoms with Gasteiger partial charge in [-0.25, -0.2) is 4.39 Å². The van der Waals surface area contributed by atoms with Gasteiger partial charge in [-0.15, -0.1) is 0 Å². The topological polar surface area (TPSA) is 12.0 Å². The summed E-state index contributed by atoms with van der Waals surface area (Å²) >= 11 is 9.20. The lowest BCUT2D eigenvalue weighted by molar-refractivity contribution is 0.442. The average Bonchev–Trinajstić information content (AvgIpc) is 2.45. The largest absolute Gasteiger partial charge is 0.303 e. The van der Waals surface area contributed by atoms with E-state index < -0.39 is 0 Å². The summed E-state index contributed by atoms with van der Waals surface area (Å²) in [7, 11) is 0. The van der Waals surface area contributed by atoms with Crippen LogP contribution in [0.4, 0.5) is 4.39 Å². The molecule has 0 fully saturated rings. The Morgan fingerprint density at radius 3 is 2.43 bits per heavy atom. The minimum absolute atomic E-state index is 0.0706.